The van der Waals surface area contributed by atoms with Gasteiger partial charge in [0.25, 0.3) is 0 Å². The quantitative estimate of drug-likeness (QED) is 0.427. The minimum atomic E-state index is 0.0312. The lowest BCUT2D eigenvalue weighted by Crippen LogP contribution is -2.14. The summed E-state index contributed by atoms with van der Waals surface area (Å²) in [6.07, 6.45) is 3.26. The number of carbonyl (C=O) groups excluding carboxylic acids is 1. The monoisotopic (exact) mass is 112 g/mol. The summed E-state index contributed by atoms with van der Waals surface area (Å²) in [5, 5.41) is 0. The summed E-state index contributed by atoms with van der Waals surface area (Å²) in [6, 6.07) is 0. The second-order valence-corrected chi connectivity index (χ2v) is 2.45. The molecule has 0 bridgehead atoms. The first-order chi connectivity index (χ1) is 3.88. The average molecular weight is 112 g/mol. The summed E-state index contributed by atoms with van der Waals surface area (Å²) in [7, 11) is 0. The lowest BCUT2D eigenvalue weighted by atomic mass is 10.00. The van der Waals surface area contributed by atoms with Crippen LogP contribution in [-0.2, 0) is 9.53 Å². The van der Waals surface area contributed by atoms with Crippen molar-refractivity contribution in [2.24, 2.45) is 0 Å². The third kappa shape index (κ3) is 0.494. The van der Waals surface area contributed by atoms with Crippen molar-refractivity contribution in [3.63, 3.8) is 0 Å². The van der Waals surface area contributed by atoms with E-state index < -0.39 is 0 Å². The van der Waals surface area contributed by atoms with Crippen molar-refractivity contribution in [1.29, 1.82) is 0 Å². The minimum Gasteiger partial charge on any atom is -0.361 e. The molecule has 0 aromatic carbocycles. The van der Waals surface area contributed by atoms with Crippen LogP contribution < -0.4 is 0 Å². The number of carbonyl (C=O) groups is 1. The normalized spacial score (nSPS) is 43.8. The fourth-order valence-corrected chi connectivity index (χ4v) is 1.27. The molecule has 0 N–H and O–H groups in total. The molecule has 2 heteroatoms. The number of hydrogen-bond donors (Lipinski definition) is 0. The van der Waals surface area contributed by atoms with Gasteiger partial charge in [0.1, 0.15) is 6.10 Å². The fraction of sp³-hybridized carbons (Fsp3) is 0.833. The Bertz CT molecular complexity index is 130. The third-order valence-electron chi connectivity index (χ3n) is 1.81. The highest BCUT2D eigenvalue weighted by Gasteiger charge is 2.46. The Hall–Kier alpha value is -0.370. The van der Waals surface area contributed by atoms with Crippen molar-refractivity contribution in [2.45, 2.75) is 31.5 Å². The number of ketones is 1. The highest BCUT2D eigenvalue weighted by molar-refractivity contribution is 5.86. The second kappa shape index (κ2) is 1.32. The number of Topliss-reactive ketones (excluding diaryl/α,β-unsaturated/α-hetero) is 1. The van der Waals surface area contributed by atoms with Crippen LogP contribution in [0.3, 0.4) is 0 Å². The minimum absolute atomic E-state index is 0.0312. The van der Waals surface area contributed by atoms with Crippen molar-refractivity contribution < 1.29 is 9.53 Å². The van der Waals surface area contributed by atoms with Crippen molar-refractivity contribution in [3.05, 3.63) is 0 Å². The summed E-state index contributed by atoms with van der Waals surface area (Å²) < 4.78 is 5.04. The van der Waals surface area contributed by atoms with Crippen molar-refractivity contribution in [3.8, 4) is 0 Å². The summed E-state index contributed by atoms with van der Waals surface area (Å²) in [4.78, 5) is 10.7. The summed E-state index contributed by atoms with van der Waals surface area (Å²) in [5.41, 5.74) is 0. The summed E-state index contributed by atoms with van der Waals surface area (Å²) in [5.74, 6) is 0.321. The molecule has 0 unspecified atom stereocenters. The molecule has 0 aromatic heterocycles. The molecule has 1 saturated heterocycles. The Morgan fingerprint density at radius 2 is 2.50 bits per heavy atom. The topological polar surface area (TPSA) is 29.6 Å². The number of epoxide rings is 1. The zero-order valence-corrected chi connectivity index (χ0v) is 4.59. The second-order valence-electron chi connectivity index (χ2n) is 2.45. The standard InChI is InChI=1S/C6H8O2/c7-4-2-1-3-5-6(4)8-5/h5-6H,1-3H2/t5-,6+/m0/s1. The number of hydrogen-bond acceptors (Lipinski definition) is 2. The molecule has 1 saturated carbocycles. The Labute approximate surface area is 47.8 Å². The first kappa shape index (κ1) is 4.50. The molecule has 8 heavy (non-hydrogen) atoms. The molecular weight excluding hydrogens is 104 g/mol. The summed E-state index contributed by atoms with van der Waals surface area (Å²) >= 11 is 0. The van der Waals surface area contributed by atoms with E-state index in [0.717, 1.165) is 19.3 Å². The van der Waals surface area contributed by atoms with Crippen LogP contribution in [0.5, 0.6) is 0 Å². The van der Waals surface area contributed by atoms with Gasteiger partial charge >= 0.3 is 0 Å². The molecule has 0 aromatic rings. The third-order valence-corrected chi connectivity index (χ3v) is 1.81. The van der Waals surface area contributed by atoms with Gasteiger partial charge in [0, 0.05) is 6.42 Å². The number of ether oxygens (including phenoxy) is 1. The zero-order valence-electron chi connectivity index (χ0n) is 4.59. The highest BCUT2D eigenvalue weighted by Crippen LogP contribution is 2.33. The lowest BCUT2D eigenvalue weighted by molar-refractivity contribution is -0.120. The molecular formula is C6H8O2. The van der Waals surface area contributed by atoms with Gasteiger partial charge in [-0.15, -0.1) is 0 Å². The van der Waals surface area contributed by atoms with E-state index in [9.17, 15) is 4.79 Å². The van der Waals surface area contributed by atoms with E-state index in [0.29, 0.717) is 11.9 Å². The molecule has 2 atom stereocenters. The molecule has 2 fully saturated rings. The maximum atomic E-state index is 10.7. The van der Waals surface area contributed by atoms with Gasteiger partial charge in [0.05, 0.1) is 6.10 Å². The van der Waals surface area contributed by atoms with Crippen LogP contribution in [0.1, 0.15) is 19.3 Å². The molecule has 0 radical (unpaired) electrons. The number of fused-ring (bicyclic) bond motifs is 1. The van der Waals surface area contributed by atoms with Gasteiger partial charge < -0.3 is 4.74 Å². The van der Waals surface area contributed by atoms with Gasteiger partial charge in [-0.25, -0.2) is 0 Å². The van der Waals surface area contributed by atoms with Crippen molar-refractivity contribution in [1.82, 2.24) is 0 Å². The zero-order chi connectivity index (χ0) is 5.56. The van der Waals surface area contributed by atoms with Crippen LogP contribution >= 0.6 is 0 Å². The van der Waals surface area contributed by atoms with E-state index in [4.69, 9.17) is 4.74 Å². The molecule has 1 aliphatic heterocycles. The van der Waals surface area contributed by atoms with E-state index in [2.05, 4.69) is 0 Å². The van der Waals surface area contributed by atoms with E-state index in [-0.39, 0.29) is 6.10 Å². The maximum Gasteiger partial charge on any atom is 0.164 e. The van der Waals surface area contributed by atoms with Crippen LogP contribution in [-0.4, -0.2) is 18.0 Å². The van der Waals surface area contributed by atoms with Gasteiger partial charge in [-0.3, -0.25) is 4.79 Å². The molecule has 2 nitrogen and oxygen atoms in total. The predicted octanol–water partition coefficient (Wildman–Crippen LogP) is 0.507. The molecule has 1 aliphatic carbocycles. The molecule has 2 aliphatic rings. The van der Waals surface area contributed by atoms with Crippen LogP contribution in [0.15, 0.2) is 0 Å². The average Bonchev–Trinajstić information content (AvgIpc) is 2.45. The van der Waals surface area contributed by atoms with Gasteiger partial charge in [-0.05, 0) is 12.8 Å². The van der Waals surface area contributed by atoms with Crippen LogP contribution in [0.2, 0.25) is 0 Å². The number of rotatable bonds is 0. The smallest absolute Gasteiger partial charge is 0.164 e. The summed E-state index contributed by atoms with van der Waals surface area (Å²) in [6.45, 7) is 0. The molecule has 1 heterocycles. The van der Waals surface area contributed by atoms with Gasteiger partial charge in [0.2, 0.25) is 0 Å². The van der Waals surface area contributed by atoms with Crippen LogP contribution in [0, 0.1) is 0 Å². The maximum absolute atomic E-state index is 10.7. The predicted molar refractivity (Wildman–Crippen MR) is 27.5 cm³/mol. The van der Waals surface area contributed by atoms with E-state index in [1.165, 1.54) is 0 Å². The Kier molecular flexibility index (Phi) is 0.742. The highest BCUT2D eigenvalue weighted by atomic mass is 16.6. The van der Waals surface area contributed by atoms with Gasteiger partial charge in [-0.2, -0.15) is 0 Å². The Morgan fingerprint density at radius 1 is 1.62 bits per heavy atom. The SMILES string of the molecule is O=C1CCC[C@@H]2O[C@H]12. The Morgan fingerprint density at radius 3 is 3.12 bits per heavy atom. The largest absolute Gasteiger partial charge is 0.361 e. The molecule has 44 valence electrons. The van der Waals surface area contributed by atoms with Gasteiger partial charge in [-0.1, -0.05) is 0 Å². The fourth-order valence-electron chi connectivity index (χ4n) is 1.27. The Balaban J connectivity index is 2.08. The van der Waals surface area contributed by atoms with Crippen LogP contribution in [0.25, 0.3) is 0 Å². The van der Waals surface area contributed by atoms with Crippen molar-refractivity contribution >= 4 is 5.78 Å². The first-order valence-electron chi connectivity index (χ1n) is 3.06. The van der Waals surface area contributed by atoms with E-state index >= 15 is 0 Å². The first-order valence-corrected chi connectivity index (χ1v) is 3.06. The van der Waals surface area contributed by atoms with E-state index in [1.54, 1.807) is 0 Å². The van der Waals surface area contributed by atoms with Gasteiger partial charge in [0.15, 0.2) is 5.78 Å². The molecule has 2 rings (SSSR count). The molecule has 0 amide bonds. The van der Waals surface area contributed by atoms with Crippen molar-refractivity contribution in [2.75, 3.05) is 0 Å². The lowest BCUT2D eigenvalue weighted by Gasteiger charge is -2.00. The molecule has 0 spiro atoms. The van der Waals surface area contributed by atoms with E-state index in [1.807, 2.05) is 0 Å². The van der Waals surface area contributed by atoms with Crippen LogP contribution in [0.4, 0.5) is 0 Å².